The lowest BCUT2D eigenvalue weighted by Crippen LogP contribution is -2.33. The number of aromatic nitrogens is 2. The van der Waals surface area contributed by atoms with Crippen LogP contribution in [-0.4, -0.2) is 22.3 Å². The number of nitrogen functional groups attached to an aromatic ring is 1. The van der Waals surface area contributed by atoms with E-state index in [1.165, 1.54) is 0 Å². The number of anilines is 1. The second kappa shape index (κ2) is 4.59. The number of amides is 1. The first kappa shape index (κ1) is 10.5. The molecule has 0 bridgehead atoms. The maximum atomic E-state index is 11.4. The Balaban J connectivity index is 2.45. The fraction of sp³-hybridized carbons (Fsp3) is 0.625. The van der Waals surface area contributed by atoms with Crippen molar-refractivity contribution < 1.29 is 9.42 Å². The summed E-state index contributed by atoms with van der Waals surface area (Å²) >= 11 is 0. The summed E-state index contributed by atoms with van der Waals surface area (Å²) < 4.78 is 4.37. The predicted molar refractivity (Wildman–Crippen MR) is 50.3 cm³/mol. The molecule has 0 aliphatic heterocycles. The number of carbonyl (C=O) groups excluding carboxylic acids is 1. The number of hydrogen-bond donors (Lipinski definition) is 2. The van der Waals surface area contributed by atoms with Crippen LogP contribution in [0.2, 0.25) is 0 Å². The Morgan fingerprint density at radius 2 is 2.36 bits per heavy atom. The molecule has 0 fully saturated rings. The third-order valence-corrected chi connectivity index (χ3v) is 1.93. The highest BCUT2D eigenvalue weighted by molar-refractivity contribution is 5.79. The summed E-state index contributed by atoms with van der Waals surface area (Å²) in [6.45, 7) is 3.93. The molecule has 3 N–H and O–H groups in total. The quantitative estimate of drug-likeness (QED) is 0.716. The Labute approximate surface area is 81.8 Å². The van der Waals surface area contributed by atoms with E-state index in [9.17, 15) is 4.79 Å². The Morgan fingerprint density at radius 1 is 1.64 bits per heavy atom. The molecule has 0 aliphatic rings. The van der Waals surface area contributed by atoms with Crippen LogP contribution >= 0.6 is 0 Å². The van der Waals surface area contributed by atoms with Crippen molar-refractivity contribution in [2.75, 3.05) is 5.73 Å². The van der Waals surface area contributed by atoms with Crippen molar-refractivity contribution in [2.24, 2.45) is 0 Å². The van der Waals surface area contributed by atoms with Gasteiger partial charge in [-0.25, -0.2) is 4.63 Å². The van der Waals surface area contributed by atoms with Crippen LogP contribution in [0.4, 0.5) is 5.82 Å². The summed E-state index contributed by atoms with van der Waals surface area (Å²) in [7, 11) is 0. The molecule has 6 heteroatoms. The van der Waals surface area contributed by atoms with Crippen molar-refractivity contribution in [1.29, 1.82) is 0 Å². The van der Waals surface area contributed by atoms with E-state index >= 15 is 0 Å². The lowest BCUT2D eigenvalue weighted by Gasteiger charge is -2.09. The SMILES string of the molecule is CCC(C)NC(=O)Cc1nonc1N. The molecule has 0 saturated carbocycles. The standard InChI is InChI=1S/C8H14N4O2/c1-3-5(2)10-7(13)4-6-8(9)12-14-11-6/h5H,3-4H2,1-2H3,(H2,9,12)(H,10,13). The van der Waals surface area contributed by atoms with Crippen LogP contribution in [0, 0.1) is 0 Å². The van der Waals surface area contributed by atoms with Gasteiger partial charge in [0.2, 0.25) is 5.91 Å². The average Bonchev–Trinajstić information content (AvgIpc) is 2.51. The minimum Gasteiger partial charge on any atom is -0.379 e. The van der Waals surface area contributed by atoms with E-state index in [1.54, 1.807) is 0 Å². The molecule has 0 spiro atoms. The highest BCUT2D eigenvalue weighted by Gasteiger charge is 2.12. The highest BCUT2D eigenvalue weighted by Crippen LogP contribution is 2.04. The number of rotatable bonds is 4. The predicted octanol–water partition coefficient (Wildman–Crippen LogP) is 0.109. The molecule has 0 aliphatic carbocycles. The van der Waals surface area contributed by atoms with E-state index in [2.05, 4.69) is 20.3 Å². The zero-order valence-corrected chi connectivity index (χ0v) is 8.28. The third kappa shape index (κ3) is 2.72. The van der Waals surface area contributed by atoms with Gasteiger partial charge < -0.3 is 11.1 Å². The highest BCUT2D eigenvalue weighted by atomic mass is 16.6. The lowest BCUT2D eigenvalue weighted by atomic mass is 10.2. The van der Waals surface area contributed by atoms with Crippen molar-refractivity contribution in [3.63, 3.8) is 0 Å². The molecule has 78 valence electrons. The fourth-order valence-corrected chi connectivity index (χ4v) is 0.916. The molecule has 1 rings (SSSR count). The van der Waals surface area contributed by atoms with Gasteiger partial charge in [-0.05, 0) is 18.5 Å². The average molecular weight is 198 g/mol. The van der Waals surface area contributed by atoms with E-state index in [1.807, 2.05) is 13.8 Å². The maximum Gasteiger partial charge on any atom is 0.226 e. The van der Waals surface area contributed by atoms with Crippen molar-refractivity contribution in [2.45, 2.75) is 32.7 Å². The van der Waals surface area contributed by atoms with E-state index in [0.29, 0.717) is 5.69 Å². The zero-order valence-electron chi connectivity index (χ0n) is 8.28. The summed E-state index contributed by atoms with van der Waals surface area (Å²) in [5.74, 6) is 0.0473. The molecule has 0 aromatic carbocycles. The molecule has 1 atom stereocenters. The number of carbonyl (C=O) groups is 1. The van der Waals surface area contributed by atoms with Crippen molar-refractivity contribution in [3.8, 4) is 0 Å². The Kier molecular flexibility index (Phi) is 3.44. The summed E-state index contributed by atoms with van der Waals surface area (Å²) in [6, 6.07) is 0.156. The Bertz CT molecular complexity index is 310. The Hall–Kier alpha value is -1.59. The van der Waals surface area contributed by atoms with Crippen LogP contribution < -0.4 is 11.1 Å². The van der Waals surface area contributed by atoms with Crippen molar-refractivity contribution in [3.05, 3.63) is 5.69 Å². The smallest absolute Gasteiger partial charge is 0.226 e. The topological polar surface area (TPSA) is 94.0 Å². The number of nitrogens with two attached hydrogens (primary N) is 1. The number of hydrogen-bond acceptors (Lipinski definition) is 5. The van der Waals surface area contributed by atoms with Gasteiger partial charge in [0, 0.05) is 6.04 Å². The molecule has 1 aromatic heterocycles. The van der Waals surface area contributed by atoms with Crippen LogP contribution in [0.5, 0.6) is 0 Å². The fourth-order valence-electron chi connectivity index (χ4n) is 0.916. The molecule has 0 radical (unpaired) electrons. The van der Waals surface area contributed by atoms with Gasteiger partial charge in [-0.15, -0.1) is 0 Å². The van der Waals surface area contributed by atoms with E-state index in [4.69, 9.17) is 5.73 Å². The van der Waals surface area contributed by atoms with Gasteiger partial charge in [0.05, 0.1) is 6.42 Å². The molecular weight excluding hydrogens is 184 g/mol. The first-order valence-corrected chi connectivity index (χ1v) is 4.49. The van der Waals surface area contributed by atoms with E-state index in [-0.39, 0.29) is 24.2 Å². The molecule has 6 nitrogen and oxygen atoms in total. The van der Waals surface area contributed by atoms with Gasteiger partial charge in [0.25, 0.3) is 0 Å². The molecule has 14 heavy (non-hydrogen) atoms. The van der Waals surface area contributed by atoms with Crippen LogP contribution in [0.15, 0.2) is 4.63 Å². The zero-order chi connectivity index (χ0) is 10.6. The normalized spacial score (nSPS) is 12.4. The van der Waals surface area contributed by atoms with Gasteiger partial charge >= 0.3 is 0 Å². The summed E-state index contributed by atoms with van der Waals surface area (Å²) in [5, 5.41) is 9.69. The minimum atomic E-state index is -0.123. The summed E-state index contributed by atoms with van der Waals surface area (Å²) in [4.78, 5) is 11.4. The largest absolute Gasteiger partial charge is 0.379 e. The van der Waals surface area contributed by atoms with Crippen molar-refractivity contribution >= 4 is 11.7 Å². The molecule has 1 amide bonds. The van der Waals surface area contributed by atoms with Crippen LogP contribution in [0.1, 0.15) is 26.0 Å². The summed E-state index contributed by atoms with van der Waals surface area (Å²) in [6.07, 6.45) is 0.998. The lowest BCUT2D eigenvalue weighted by molar-refractivity contribution is -0.121. The molecule has 1 heterocycles. The molecule has 0 saturated heterocycles. The van der Waals surface area contributed by atoms with Gasteiger partial charge in [-0.1, -0.05) is 12.1 Å². The summed E-state index contributed by atoms with van der Waals surface area (Å²) in [5.41, 5.74) is 5.79. The first-order valence-electron chi connectivity index (χ1n) is 4.49. The Morgan fingerprint density at radius 3 is 2.86 bits per heavy atom. The molecule has 1 unspecified atom stereocenters. The van der Waals surface area contributed by atoms with Gasteiger partial charge in [-0.2, -0.15) is 0 Å². The number of nitrogens with one attached hydrogen (secondary N) is 1. The van der Waals surface area contributed by atoms with Crippen LogP contribution in [0.3, 0.4) is 0 Å². The van der Waals surface area contributed by atoms with E-state index < -0.39 is 0 Å². The maximum absolute atomic E-state index is 11.4. The van der Waals surface area contributed by atoms with Crippen LogP contribution in [0.25, 0.3) is 0 Å². The van der Waals surface area contributed by atoms with Gasteiger partial charge in [0.15, 0.2) is 5.82 Å². The second-order valence-corrected chi connectivity index (χ2v) is 3.15. The van der Waals surface area contributed by atoms with Crippen molar-refractivity contribution in [1.82, 2.24) is 15.6 Å². The molecule has 1 aromatic rings. The third-order valence-electron chi connectivity index (χ3n) is 1.93. The minimum absolute atomic E-state index is 0.111. The number of nitrogens with zero attached hydrogens (tertiary/aromatic N) is 2. The van der Waals surface area contributed by atoms with Crippen LogP contribution in [-0.2, 0) is 11.2 Å². The monoisotopic (exact) mass is 198 g/mol. The van der Waals surface area contributed by atoms with E-state index in [0.717, 1.165) is 6.42 Å². The van der Waals surface area contributed by atoms with Gasteiger partial charge in [0.1, 0.15) is 5.69 Å². The second-order valence-electron chi connectivity index (χ2n) is 3.15. The van der Waals surface area contributed by atoms with Gasteiger partial charge in [-0.3, -0.25) is 4.79 Å². The molecular formula is C8H14N4O2. The first-order chi connectivity index (χ1) is 6.63.